The summed E-state index contributed by atoms with van der Waals surface area (Å²) in [4.78, 5) is 14.1. The number of benzene rings is 1. The van der Waals surface area contributed by atoms with Crippen molar-refractivity contribution in [3.63, 3.8) is 0 Å². The average Bonchev–Trinajstić information content (AvgIpc) is 2.81. The first-order valence-corrected chi connectivity index (χ1v) is 10.4. The van der Waals surface area contributed by atoms with Crippen LogP contribution < -0.4 is 5.46 Å². The first kappa shape index (κ1) is 22.4. The van der Waals surface area contributed by atoms with E-state index in [1.165, 1.54) is 0 Å². The van der Waals surface area contributed by atoms with Crippen molar-refractivity contribution in [2.75, 3.05) is 19.7 Å². The zero-order valence-corrected chi connectivity index (χ0v) is 19.1. The molecule has 6 nitrogen and oxygen atoms in total. The second-order valence-corrected chi connectivity index (χ2v) is 10.1. The summed E-state index contributed by atoms with van der Waals surface area (Å²) in [5, 5.41) is 0.585. The van der Waals surface area contributed by atoms with Gasteiger partial charge in [-0.3, -0.25) is 0 Å². The van der Waals surface area contributed by atoms with Crippen molar-refractivity contribution in [3.05, 3.63) is 28.8 Å². The van der Waals surface area contributed by atoms with Gasteiger partial charge in [0.25, 0.3) is 0 Å². The highest BCUT2D eigenvalue weighted by Gasteiger charge is 2.51. The van der Waals surface area contributed by atoms with Crippen molar-refractivity contribution in [1.29, 1.82) is 0 Å². The lowest BCUT2D eigenvalue weighted by Crippen LogP contribution is -2.45. The molecular formula is C21H31BClNO5. The van der Waals surface area contributed by atoms with Gasteiger partial charge in [-0.25, -0.2) is 4.79 Å². The first-order chi connectivity index (χ1) is 13.3. The molecule has 0 N–H and O–H groups in total. The molecule has 0 spiro atoms. The Bertz CT molecular complexity index is 761. The van der Waals surface area contributed by atoms with Crippen molar-refractivity contribution in [2.24, 2.45) is 0 Å². The molecule has 1 aromatic carbocycles. The zero-order chi connectivity index (χ0) is 21.6. The summed E-state index contributed by atoms with van der Waals surface area (Å²) < 4.78 is 23.8. The van der Waals surface area contributed by atoms with Gasteiger partial charge in [0.2, 0.25) is 0 Å². The van der Waals surface area contributed by atoms with Gasteiger partial charge in [-0.2, -0.15) is 0 Å². The Morgan fingerprint density at radius 2 is 1.83 bits per heavy atom. The van der Waals surface area contributed by atoms with Gasteiger partial charge < -0.3 is 23.7 Å². The van der Waals surface area contributed by atoms with E-state index in [9.17, 15) is 4.79 Å². The summed E-state index contributed by atoms with van der Waals surface area (Å²) in [6.45, 7) is 14.9. The van der Waals surface area contributed by atoms with Crippen LogP contribution in [0.1, 0.15) is 60.1 Å². The van der Waals surface area contributed by atoms with Crippen LogP contribution in [0.4, 0.5) is 4.79 Å². The molecule has 2 heterocycles. The van der Waals surface area contributed by atoms with Gasteiger partial charge in [-0.1, -0.05) is 23.7 Å². The number of morpholine rings is 1. The maximum absolute atomic E-state index is 12.5. The standard InChI is InChI=1S/C21H31BClNO5/c1-19(2,3)27-18(25)24-10-11-26-17(13-24)15-12-14(8-9-16(15)23)22-28-20(4,5)21(6,7)29-22/h8-9,12,17H,10-11,13H2,1-7H3. The Hall–Kier alpha value is -1.28. The fourth-order valence-corrected chi connectivity index (χ4v) is 3.50. The molecule has 0 saturated carbocycles. The van der Waals surface area contributed by atoms with E-state index in [4.69, 9.17) is 30.4 Å². The largest absolute Gasteiger partial charge is 0.494 e. The quantitative estimate of drug-likeness (QED) is 0.674. The molecule has 160 valence electrons. The Kier molecular flexibility index (Phi) is 6.00. The van der Waals surface area contributed by atoms with Gasteiger partial charge in [0.05, 0.1) is 24.4 Å². The van der Waals surface area contributed by atoms with E-state index in [0.29, 0.717) is 24.7 Å². The van der Waals surface area contributed by atoms with Crippen LogP contribution in [0.5, 0.6) is 0 Å². The van der Waals surface area contributed by atoms with E-state index in [1.54, 1.807) is 4.90 Å². The SMILES string of the molecule is CC(C)(C)OC(=O)N1CCOC(c2cc(B3OC(C)(C)C(C)(C)O3)ccc2Cl)C1. The molecule has 2 saturated heterocycles. The summed E-state index contributed by atoms with van der Waals surface area (Å²) in [6, 6.07) is 5.68. The van der Waals surface area contributed by atoms with Crippen molar-refractivity contribution < 1.29 is 23.6 Å². The highest BCUT2D eigenvalue weighted by molar-refractivity contribution is 6.62. The van der Waals surface area contributed by atoms with E-state index in [1.807, 2.05) is 66.7 Å². The van der Waals surface area contributed by atoms with Gasteiger partial charge in [-0.05, 0) is 60.0 Å². The first-order valence-electron chi connectivity index (χ1n) is 10.0. The number of carbonyl (C=O) groups excluding carboxylic acids is 1. The minimum absolute atomic E-state index is 0.342. The molecule has 1 unspecified atom stereocenters. The molecule has 1 amide bonds. The summed E-state index contributed by atoms with van der Waals surface area (Å²) >= 11 is 6.49. The number of hydrogen-bond donors (Lipinski definition) is 0. The Morgan fingerprint density at radius 1 is 1.21 bits per heavy atom. The normalized spacial score (nSPS) is 23.9. The van der Waals surface area contributed by atoms with Gasteiger partial charge >= 0.3 is 13.2 Å². The summed E-state index contributed by atoms with van der Waals surface area (Å²) in [5.74, 6) is 0. The second-order valence-electron chi connectivity index (χ2n) is 9.65. The highest BCUT2D eigenvalue weighted by Crippen LogP contribution is 2.37. The smallest absolute Gasteiger partial charge is 0.444 e. The number of carbonyl (C=O) groups is 1. The summed E-state index contributed by atoms with van der Waals surface area (Å²) in [6.07, 6.45) is -0.685. The van der Waals surface area contributed by atoms with Crippen LogP contribution in [0.3, 0.4) is 0 Å². The Morgan fingerprint density at radius 3 is 2.41 bits per heavy atom. The van der Waals surface area contributed by atoms with Gasteiger partial charge in [0.1, 0.15) is 11.7 Å². The molecule has 2 fully saturated rings. The lowest BCUT2D eigenvalue weighted by Gasteiger charge is -2.34. The lowest BCUT2D eigenvalue weighted by atomic mass is 9.78. The van der Waals surface area contributed by atoms with E-state index < -0.39 is 23.9 Å². The van der Waals surface area contributed by atoms with Crippen LogP contribution in [-0.4, -0.2) is 54.6 Å². The summed E-state index contributed by atoms with van der Waals surface area (Å²) in [5.41, 5.74) is 0.297. The van der Waals surface area contributed by atoms with Gasteiger partial charge in [0, 0.05) is 17.1 Å². The van der Waals surface area contributed by atoms with E-state index in [2.05, 4.69) is 0 Å². The number of nitrogens with zero attached hydrogens (tertiary/aromatic N) is 1. The summed E-state index contributed by atoms with van der Waals surface area (Å²) in [7, 11) is -0.485. The predicted molar refractivity (Wildman–Crippen MR) is 114 cm³/mol. The van der Waals surface area contributed by atoms with E-state index in [-0.39, 0.29) is 12.2 Å². The number of amides is 1. The number of hydrogen-bond acceptors (Lipinski definition) is 5. The molecule has 29 heavy (non-hydrogen) atoms. The predicted octanol–water partition coefficient (Wildman–Crippen LogP) is 3.95. The third kappa shape index (κ3) is 4.90. The maximum atomic E-state index is 12.5. The second kappa shape index (κ2) is 7.76. The minimum Gasteiger partial charge on any atom is -0.444 e. The highest BCUT2D eigenvalue weighted by atomic mass is 35.5. The molecule has 8 heteroatoms. The third-order valence-corrected chi connectivity index (χ3v) is 5.95. The van der Waals surface area contributed by atoms with Crippen LogP contribution in [-0.2, 0) is 18.8 Å². The van der Waals surface area contributed by atoms with Crippen molar-refractivity contribution in [2.45, 2.75) is 71.4 Å². The molecule has 3 rings (SSSR count). The molecular weight excluding hydrogens is 392 g/mol. The van der Waals surface area contributed by atoms with Crippen LogP contribution in [0.15, 0.2) is 18.2 Å². The molecule has 0 bridgehead atoms. The molecule has 2 aliphatic rings. The fraction of sp³-hybridized carbons (Fsp3) is 0.667. The Labute approximate surface area is 178 Å². The zero-order valence-electron chi connectivity index (χ0n) is 18.4. The Balaban J connectivity index is 1.79. The fourth-order valence-electron chi connectivity index (χ4n) is 3.26. The van der Waals surface area contributed by atoms with Gasteiger partial charge in [-0.15, -0.1) is 0 Å². The third-order valence-electron chi connectivity index (χ3n) is 5.61. The molecule has 0 aromatic heterocycles. The average molecular weight is 424 g/mol. The van der Waals surface area contributed by atoms with Crippen LogP contribution in [0, 0.1) is 0 Å². The van der Waals surface area contributed by atoms with E-state index in [0.717, 1.165) is 11.0 Å². The van der Waals surface area contributed by atoms with Crippen LogP contribution in [0.25, 0.3) is 0 Å². The minimum atomic E-state index is -0.542. The molecule has 2 aliphatic heterocycles. The molecule has 0 aliphatic carbocycles. The topological polar surface area (TPSA) is 57.2 Å². The van der Waals surface area contributed by atoms with Crippen molar-refractivity contribution in [3.8, 4) is 0 Å². The maximum Gasteiger partial charge on any atom is 0.494 e. The van der Waals surface area contributed by atoms with Crippen LogP contribution in [0.2, 0.25) is 5.02 Å². The number of halogens is 1. The van der Waals surface area contributed by atoms with E-state index >= 15 is 0 Å². The lowest BCUT2D eigenvalue weighted by molar-refractivity contribution is -0.0432. The monoisotopic (exact) mass is 423 g/mol. The van der Waals surface area contributed by atoms with Crippen molar-refractivity contribution >= 4 is 30.3 Å². The number of ether oxygens (including phenoxy) is 2. The molecule has 0 radical (unpaired) electrons. The van der Waals surface area contributed by atoms with Crippen molar-refractivity contribution in [1.82, 2.24) is 4.90 Å². The molecule has 1 aromatic rings. The van der Waals surface area contributed by atoms with Crippen LogP contribution >= 0.6 is 11.6 Å². The number of rotatable bonds is 2. The molecule has 1 atom stereocenters. The van der Waals surface area contributed by atoms with Gasteiger partial charge in [0.15, 0.2) is 0 Å².